The predicted octanol–water partition coefficient (Wildman–Crippen LogP) is 4.12. The summed E-state index contributed by atoms with van der Waals surface area (Å²) >= 11 is 5.58. The van der Waals surface area contributed by atoms with Gasteiger partial charge in [0.1, 0.15) is 11.8 Å². The molecule has 2 N–H and O–H groups in total. The van der Waals surface area contributed by atoms with Crippen LogP contribution in [0.4, 0.5) is 0 Å². The van der Waals surface area contributed by atoms with Gasteiger partial charge in [-0.15, -0.1) is 6.58 Å². The fraction of sp³-hybridized carbons (Fsp3) is 0.250. The van der Waals surface area contributed by atoms with Crippen LogP contribution in [0.15, 0.2) is 72.2 Å². The second-order valence-electron chi connectivity index (χ2n) is 5.88. The van der Waals surface area contributed by atoms with E-state index in [0.717, 1.165) is 29.2 Å². The average molecular weight is 418 g/mol. The predicted molar refractivity (Wildman–Crippen MR) is 110 cm³/mol. The van der Waals surface area contributed by atoms with Crippen LogP contribution >= 0.6 is 27.7 Å². The first-order valence-electron chi connectivity index (χ1n) is 8.21. The van der Waals surface area contributed by atoms with Gasteiger partial charge in [0.15, 0.2) is 0 Å². The van der Waals surface area contributed by atoms with Crippen LogP contribution in [-0.2, 0) is 0 Å². The van der Waals surface area contributed by atoms with Crippen molar-refractivity contribution in [3.8, 4) is 5.75 Å². The van der Waals surface area contributed by atoms with Crippen LogP contribution in [0.1, 0.15) is 23.6 Å². The molecule has 1 aliphatic rings. The van der Waals surface area contributed by atoms with Gasteiger partial charge in [0, 0.05) is 33.7 Å². The molecule has 0 saturated heterocycles. The molecule has 0 spiro atoms. The van der Waals surface area contributed by atoms with E-state index in [4.69, 9.17) is 9.73 Å². The minimum Gasteiger partial charge on any atom is -0.497 e. The van der Waals surface area contributed by atoms with Gasteiger partial charge < -0.3 is 4.74 Å². The summed E-state index contributed by atoms with van der Waals surface area (Å²) in [6.45, 7) is 3.83. The fourth-order valence-corrected chi connectivity index (χ4v) is 4.64. The lowest BCUT2D eigenvalue weighted by Crippen LogP contribution is -2.95. The molecular weight excluding hydrogens is 396 g/mol. The van der Waals surface area contributed by atoms with E-state index in [1.807, 2.05) is 18.2 Å². The summed E-state index contributed by atoms with van der Waals surface area (Å²) in [7, 11) is 1.68. The number of nitrogens with two attached hydrogens (primary N) is 1. The third-order valence-electron chi connectivity index (χ3n) is 4.16. The molecule has 3 rings (SSSR count). The minimum absolute atomic E-state index is 0.312. The second-order valence-corrected chi connectivity index (χ2v) is 8.86. The maximum Gasteiger partial charge on any atom is 0.294 e. The van der Waals surface area contributed by atoms with Gasteiger partial charge in [-0.1, -0.05) is 48.2 Å². The highest BCUT2D eigenvalue weighted by molar-refractivity contribution is 9.11. The van der Waals surface area contributed by atoms with Crippen LogP contribution in [0.2, 0.25) is 0 Å². The Labute approximate surface area is 161 Å². The third kappa shape index (κ3) is 4.54. The first-order valence-corrected chi connectivity index (χ1v) is 9.99. The smallest absolute Gasteiger partial charge is 0.294 e. The topological polar surface area (TPSA) is 38.2 Å². The zero-order chi connectivity index (χ0) is 17.7. The van der Waals surface area contributed by atoms with Crippen LogP contribution in [-0.4, -0.2) is 22.5 Å². The van der Waals surface area contributed by atoms with Crippen LogP contribution in [0.25, 0.3) is 0 Å². The molecule has 0 fully saturated rings. The Bertz CT molecular complexity index is 748. The van der Waals surface area contributed by atoms with Gasteiger partial charge in [-0.05, 0) is 29.8 Å². The Morgan fingerprint density at radius 1 is 1.28 bits per heavy atom. The quantitative estimate of drug-likeness (QED) is 0.436. The molecule has 0 aliphatic carbocycles. The maximum absolute atomic E-state index is 5.27. The molecule has 2 atom stereocenters. The van der Waals surface area contributed by atoms with Crippen molar-refractivity contribution in [3.05, 3.63) is 78.4 Å². The molecule has 0 amide bonds. The number of benzene rings is 2. The number of rotatable bonds is 6. The molecule has 1 aliphatic heterocycles. The molecule has 0 saturated carbocycles. The molecule has 0 unspecified atom stereocenters. The van der Waals surface area contributed by atoms with E-state index in [0.29, 0.717) is 6.04 Å². The van der Waals surface area contributed by atoms with Gasteiger partial charge in [0.25, 0.3) is 3.90 Å². The highest BCUT2D eigenvalue weighted by Crippen LogP contribution is 2.34. The number of nitrogens with zero attached hydrogens (tertiary/aromatic N) is 1. The van der Waals surface area contributed by atoms with E-state index in [2.05, 4.69) is 70.3 Å². The molecule has 2 aromatic rings. The standard InChI is InChI=1S/C20H21BrN2OS/c1-3-13-25-20(21)22-18(15-7-5-4-6-8-15)14-19(23-20)16-9-11-17(24-2)12-10-16/h3-12,18,22H,1,13-14H2,2H3/p+1/t18-,20-/m0/s1. The molecule has 3 nitrogen and oxygen atoms in total. The summed E-state index contributed by atoms with van der Waals surface area (Å²) in [5.41, 5.74) is 3.55. The van der Waals surface area contributed by atoms with Crippen molar-refractivity contribution in [1.29, 1.82) is 0 Å². The summed E-state index contributed by atoms with van der Waals surface area (Å²) in [6, 6.07) is 19.1. The summed E-state index contributed by atoms with van der Waals surface area (Å²) in [6.07, 6.45) is 2.80. The number of hydrogen-bond acceptors (Lipinski definition) is 3. The zero-order valence-electron chi connectivity index (χ0n) is 14.2. The van der Waals surface area contributed by atoms with Crippen LogP contribution < -0.4 is 10.1 Å². The van der Waals surface area contributed by atoms with Crippen LogP contribution in [0.5, 0.6) is 5.75 Å². The lowest BCUT2D eigenvalue weighted by atomic mass is 9.96. The third-order valence-corrected chi connectivity index (χ3v) is 6.33. The van der Waals surface area contributed by atoms with Crippen molar-refractivity contribution in [2.75, 3.05) is 12.9 Å². The van der Waals surface area contributed by atoms with Crippen LogP contribution in [0.3, 0.4) is 0 Å². The zero-order valence-corrected chi connectivity index (χ0v) is 16.6. The minimum atomic E-state index is -0.435. The molecule has 25 heavy (non-hydrogen) atoms. The molecule has 0 aromatic heterocycles. The average Bonchev–Trinajstić information content (AvgIpc) is 2.67. The number of ether oxygens (including phenoxy) is 1. The van der Waals surface area contributed by atoms with Gasteiger partial charge in [-0.25, -0.2) is 4.99 Å². The van der Waals surface area contributed by atoms with Gasteiger partial charge in [-0.3, -0.25) is 5.32 Å². The maximum atomic E-state index is 5.27. The van der Waals surface area contributed by atoms with Crippen molar-refractivity contribution < 1.29 is 10.1 Å². The van der Waals surface area contributed by atoms with E-state index >= 15 is 0 Å². The summed E-state index contributed by atoms with van der Waals surface area (Å²) < 4.78 is 4.84. The van der Waals surface area contributed by atoms with Gasteiger partial charge in [0.05, 0.1) is 12.8 Å². The van der Waals surface area contributed by atoms with Crippen molar-refractivity contribution >= 4 is 33.4 Å². The van der Waals surface area contributed by atoms with Gasteiger partial charge in [-0.2, -0.15) is 0 Å². The molecule has 130 valence electrons. The van der Waals surface area contributed by atoms with Crippen LogP contribution in [0, 0.1) is 0 Å². The second kappa shape index (κ2) is 8.21. The van der Waals surface area contributed by atoms with Crippen molar-refractivity contribution in [2.45, 2.75) is 16.4 Å². The number of methoxy groups -OCH3 is 1. The Hall–Kier alpha value is -1.56. The summed E-state index contributed by atoms with van der Waals surface area (Å²) in [4.78, 5) is 5.00. The van der Waals surface area contributed by atoms with E-state index < -0.39 is 3.90 Å². The van der Waals surface area contributed by atoms with E-state index in [-0.39, 0.29) is 0 Å². The Morgan fingerprint density at radius 3 is 2.64 bits per heavy atom. The molecular formula is C20H22BrN2OS+. The molecule has 2 aromatic carbocycles. The van der Waals surface area contributed by atoms with Crippen molar-refractivity contribution in [3.63, 3.8) is 0 Å². The largest absolute Gasteiger partial charge is 0.497 e. The molecule has 1 heterocycles. The lowest BCUT2D eigenvalue weighted by Gasteiger charge is -2.32. The number of thioether (sulfide) groups is 1. The van der Waals surface area contributed by atoms with E-state index in [1.165, 1.54) is 5.56 Å². The first kappa shape index (κ1) is 18.2. The number of aliphatic imine (C=N–C) groups is 1. The number of hydrogen-bond donors (Lipinski definition) is 1. The Balaban J connectivity index is 1.94. The molecule has 5 heteroatoms. The SMILES string of the molecule is C=CCS[C@]1(Br)N=C(c2ccc(OC)cc2)C[C@@H](c2ccccc2)[NH2+]1. The monoisotopic (exact) mass is 417 g/mol. The molecule has 0 bridgehead atoms. The highest BCUT2D eigenvalue weighted by Gasteiger charge is 2.39. The number of quaternary nitrogens is 1. The van der Waals surface area contributed by atoms with Crippen molar-refractivity contribution in [1.82, 2.24) is 0 Å². The Kier molecular flexibility index (Phi) is 5.99. The first-order chi connectivity index (χ1) is 12.1. The van der Waals surface area contributed by atoms with Crippen molar-refractivity contribution in [2.24, 2.45) is 4.99 Å². The lowest BCUT2D eigenvalue weighted by molar-refractivity contribution is -0.717. The molecule has 0 radical (unpaired) electrons. The normalized spacial score (nSPS) is 23.0. The van der Waals surface area contributed by atoms with Gasteiger partial charge in [0.2, 0.25) is 0 Å². The number of halogens is 1. The van der Waals surface area contributed by atoms with E-state index in [1.54, 1.807) is 18.9 Å². The summed E-state index contributed by atoms with van der Waals surface area (Å²) in [5.74, 6) is 1.69. The number of alkyl halides is 1. The highest BCUT2D eigenvalue weighted by atomic mass is 79.9. The van der Waals surface area contributed by atoms with E-state index in [9.17, 15) is 0 Å². The summed E-state index contributed by atoms with van der Waals surface area (Å²) in [5, 5.41) is 2.30. The Morgan fingerprint density at radius 2 is 2.00 bits per heavy atom. The fourth-order valence-electron chi connectivity index (χ4n) is 2.92. The van der Waals surface area contributed by atoms with Gasteiger partial charge >= 0.3 is 0 Å².